The molecule has 202 valence electrons. The summed E-state index contributed by atoms with van der Waals surface area (Å²) in [7, 11) is -3.79. The van der Waals surface area contributed by atoms with Gasteiger partial charge in [-0.3, -0.25) is 13.9 Å². The minimum atomic E-state index is -3.79. The van der Waals surface area contributed by atoms with Crippen LogP contribution in [0.4, 0.5) is 5.69 Å². The Bertz CT molecular complexity index is 1360. The third-order valence-electron chi connectivity index (χ3n) is 6.20. The molecule has 8 heteroatoms. The molecule has 0 saturated heterocycles. The maximum Gasteiger partial charge on any atom is 0.244 e. The van der Waals surface area contributed by atoms with Crippen molar-refractivity contribution >= 4 is 27.5 Å². The van der Waals surface area contributed by atoms with E-state index in [0.717, 1.165) is 32.8 Å². The second-order valence-corrected chi connectivity index (χ2v) is 11.8. The fraction of sp³-hybridized carbons (Fsp3) is 0.333. The van der Waals surface area contributed by atoms with Gasteiger partial charge in [0.25, 0.3) is 0 Å². The van der Waals surface area contributed by atoms with E-state index in [1.165, 1.54) is 4.90 Å². The monoisotopic (exact) mass is 535 g/mol. The van der Waals surface area contributed by atoms with E-state index in [2.05, 4.69) is 5.32 Å². The highest BCUT2D eigenvalue weighted by molar-refractivity contribution is 7.92. The lowest BCUT2D eigenvalue weighted by Gasteiger charge is -2.34. The average molecular weight is 536 g/mol. The van der Waals surface area contributed by atoms with Crippen molar-refractivity contribution in [2.45, 2.75) is 52.7 Å². The van der Waals surface area contributed by atoms with E-state index in [9.17, 15) is 18.0 Å². The van der Waals surface area contributed by atoms with Crippen molar-refractivity contribution in [2.24, 2.45) is 0 Å². The van der Waals surface area contributed by atoms with Crippen LogP contribution >= 0.6 is 0 Å². The molecule has 0 saturated carbocycles. The molecule has 0 aliphatic carbocycles. The van der Waals surface area contributed by atoms with Crippen molar-refractivity contribution < 1.29 is 18.0 Å². The van der Waals surface area contributed by atoms with Crippen LogP contribution in [-0.2, 0) is 32.6 Å². The minimum Gasteiger partial charge on any atom is -0.352 e. The van der Waals surface area contributed by atoms with Gasteiger partial charge in [-0.25, -0.2) is 8.42 Å². The Morgan fingerprint density at radius 2 is 1.50 bits per heavy atom. The van der Waals surface area contributed by atoms with Gasteiger partial charge < -0.3 is 10.2 Å². The smallest absolute Gasteiger partial charge is 0.244 e. The van der Waals surface area contributed by atoms with E-state index < -0.39 is 28.5 Å². The zero-order valence-corrected chi connectivity index (χ0v) is 23.5. The van der Waals surface area contributed by atoms with Crippen LogP contribution in [0.25, 0.3) is 0 Å². The number of benzene rings is 3. The quantitative estimate of drug-likeness (QED) is 0.398. The second-order valence-electron chi connectivity index (χ2n) is 9.94. The van der Waals surface area contributed by atoms with E-state index in [0.29, 0.717) is 12.1 Å². The summed E-state index contributed by atoms with van der Waals surface area (Å²) in [6.07, 6.45) is 1.38. The molecule has 0 fully saturated rings. The highest BCUT2D eigenvalue weighted by Crippen LogP contribution is 2.23. The number of sulfonamides is 1. The third kappa shape index (κ3) is 7.92. The summed E-state index contributed by atoms with van der Waals surface area (Å²) in [5.41, 5.74) is 3.95. The summed E-state index contributed by atoms with van der Waals surface area (Å²) < 4.78 is 26.8. The number of nitrogens with one attached hydrogen (secondary N) is 1. The Morgan fingerprint density at radius 3 is 2.11 bits per heavy atom. The first-order chi connectivity index (χ1) is 18.0. The molecule has 1 atom stereocenters. The molecule has 3 aromatic carbocycles. The summed E-state index contributed by atoms with van der Waals surface area (Å²) in [5, 5.41) is 2.96. The van der Waals surface area contributed by atoms with Gasteiger partial charge in [0.1, 0.15) is 12.6 Å². The van der Waals surface area contributed by atoms with Crippen molar-refractivity contribution in [3.05, 3.63) is 101 Å². The molecule has 1 N–H and O–H groups in total. The predicted octanol–water partition coefficient (Wildman–Crippen LogP) is 4.23. The maximum atomic E-state index is 14.0. The Balaban J connectivity index is 2.07. The van der Waals surface area contributed by atoms with E-state index >= 15 is 0 Å². The molecule has 0 radical (unpaired) electrons. The number of carbonyl (C=O) groups excluding carboxylic acids is 2. The molecule has 3 aromatic rings. The summed E-state index contributed by atoms with van der Waals surface area (Å²) in [4.78, 5) is 29.1. The van der Waals surface area contributed by atoms with Gasteiger partial charge in [0, 0.05) is 19.0 Å². The lowest BCUT2D eigenvalue weighted by atomic mass is 10.0. The lowest BCUT2D eigenvalue weighted by molar-refractivity contribution is -0.140. The largest absolute Gasteiger partial charge is 0.352 e. The Hall–Kier alpha value is -3.65. The molecule has 2 amide bonds. The molecular formula is C30H37N3O4S. The topological polar surface area (TPSA) is 86.8 Å². The molecule has 0 aromatic heterocycles. The average Bonchev–Trinajstić information content (AvgIpc) is 2.84. The molecule has 0 unspecified atom stereocenters. The van der Waals surface area contributed by atoms with Gasteiger partial charge >= 0.3 is 0 Å². The molecule has 0 aliphatic rings. The van der Waals surface area contributed by atoms with Gasteiger partial charge in [-0.15, -0.1) is 0 Å². The minimum absolute atomic E-state index is 0.129. The van der Waals surface area contributed by atoms with Crippen LogP contribution in [0.5, 0.6) is 0 Å². The van der Waals surface area contributed by atoms with Gasteiger partial charge in [-0.2, -0.15) is 0 Å². The predicted molar refractivity (Wildman–Crippen MR) is 152 cm³/mol. The highest BCUT2D eigenvalue weighted by atomic mass is 32.2. The molecule has 0 aliphatic heterocycles. The van der Waals surface area contributed by atoms with E-state index in [1.54, 1.807) is 25.1 Å². The number of carbonyl (C=O) groups is 2. The number of hydrogen-bond donors (Lipinski definition) is 1. The Kier molecular flexibility index (Phi) is 9.69. The normalized spacial score (nSPS) is 12.2. The van der Waals surface area contributed by atoms with E-state index in [1.807, 2.05) is 81.4 Å². The Labute approximate surface area is 226 Å². The van der Waals surface area contributed by atoms with Crippen LogP contribution in [0.3, 0.4) is 0 Å². The third-order valence-corrected chi connectivity index (χ3v) is 7.33. The first-order valence-electron chi connectivity index (χ1n) is 12.7. The molecule has 0 heterocycles. The molecule has 38 heavy (non-hydrogen) atoms. The summed E-state index contributed by atoms with van der Waals surface area (Å²) in [6.45, 7) is 7.25. The van der Waals surface area contributed by atoms with Gasteiger partial charge in [0.15, 0.2) is 0 Å². The van der Waals surface area contributed by atoms with E-state index in [4.69, 9.17) is 0 Å². The fourth-order valence-corrected chi connectivity index (χ4v) is 5.29. The summed E-state index contributed by atoms with van der Waals surface area (Å²) >= 11 is 0. The number of anilines is 1. The highest BCUT2D eigenvalue weighted by Gasteiger charge is 2.33. The van der Waals surface area contributed by atoms with Gasteiger partial charge in [0.2, 0.25) is 21.8 Å². The number of amides is 2. The zero-order chi connectivity index (χ0) is 27.9. The zero-order valence-electron chi connectivity index (χ0n) is 22.7. The fourth-order valence-electron chi connectivity index (χ4n) is 4.38. The summed E-state index contributed by atoms with van der Waals surface area (Å²) in [5.74, 6) is -0.744. The van der Waals surface area contributed by atoms with Crippen LogP contribution < -0.4 is 9.62 Å². The number of nitrogens with zero attached hydrogens (tertiary/aromatic N) is 2. The van der Waals surface area contributed by atoms with Crippen LogP contribution in [0, 0.1) is 13.8 Å². The number of para-hydroxylation sites is 1. The van der Waals surface area contributed by atoms with E-state index in [-0.39, 0.29) is 18.5 Å². The van der Waals surface area contributed by atoms with Crippen molar-refractivity contribution in [2.75, 3.05) is 17.1 Å². The molecule has 3 rings (SSSR count). The van der Waals surface area contributed by atoms with Crippen molar-refractivity contribution in [3.63, 3.8) is 0 Å². The summed E-state index contributed by atoms with van der Waals surface area (Å²) in [6, 6.07) is 23.3. The molecule has 0 spiro atoms. The lowest BCUT2D eigenvalue weighted by Crippen LogP contribution is -2.54. The molecule has 0 bridgehead atoms. The van der Waals surface area contributed by atoms with Crippen molar-refractivity contribution in [1.82, 2.24) is 10.2 Å². The number of hydrogen-bond acceptors (Lipinski definition) is 4. The van der Waals surface area contributed by atoms with Gasteiger partial charge in [-0.05, 0) is 50.5 Å². The Morgan fingerprint density at radius 1 is 0.868 bits per heavy atom. The SMILES string of the molecule is Cc1cccc(CN(C(=O)CN(c2ccccc2C)S(C)(=O)=O)[C@@H](Cc2ccccc2)C(=O)NC(C)C)c1. The second kappa shape index (κ2) is 12.7. The maximum absolute atomic E-state index is 14.0. The standard InChI is InChI=1S/C30H37N3O4S/c1-22(2)31-30(35)28(19-25-14-7-6-8-15-25)32(20-26-16-11-12-23(3)18-26)29(34)21-33(38(5,36)37)27-17-10-9-13-24(27)4/h6-18,22,28H,19-21H2,1-5H3,(H,31,35)/t28-/m0/s1. The van der Waals surface area contributed by atoms with Crippen molar-refractivity contribution in [1.29, 1.82) is 0 Å². The van der Waals surface area contributed by atoms with Crippen LogP contribution in [0.2, 0.25) is 0 Å². The van der Waals surface area contributed by atoms with Crippen LogP contribution in [0.15, 0.2) is 78.9 Å². The van der Waals surface area contributed by atoms with Crippen molar-refractivity contribution in [3.8, 4) is 0 Å². The number of rotatable bonds is 11. The number of aryl methyl sites for hydroxylation is 2. The molecular weight excluding hydrogens is 498 g/mol. The first kappa shape index (κ1) is 28.9. The van der Waals surface area contributed by atoms with Gasteiger partial charge in [-0.1, -0.05) is 78.4 Å². The van der Waals surface area contributed by atoms with Gasteiger partial charge in [0.05, 0.1) is 11.9 Å². The molecule has 7 nitrogen and oxygen atoms in total. The van der Waals surface area contributed by atoms with Crippen LogP contribution in [0.1, 0.15) is 36.1 Å². The first-order valence-corrected chi connectivity index (χ1v) is 14.5. The van der Waals surface area contributed by atoms with Crippen LogP contribution in [-0.4, -0.2) is 50.0 Å².